The van der Waals surface area contributed by atoms with E-state index in [1.807, 2.05) is 0 Å². The Morgan fingerprint density at radius 3 is 2.57 bits per heavy atom. The first kappa shape index (κ1) is 17.7. The van der Waals surface area contributed by atoms with Crippen LogP contribution in [0, 0.1) is 11.6 Å². The molecule has 0 aliphatic heterocycles. The number of imidazole rings is 1. The van der Waals surface area contributed by atoms with Crippen molar-refractivity contribution in [2.45, 2.75) is 6.42 Å². The van der Waals surface area contributed by atoms with Gasteiger partial charge >= 0.3 is 11.8 Å². The first-order chi connectivity index (χ1) is 13.4. The van der Waals surface area contributed by atoms with Gasteiger partial charge in [-0.05, 0) is 36.4 Å². The highest BCUT2D eigenvalue weighted by molar-refractivity contribution is 5.88. The number of hydrogen-bond donors (Lipinski definition) is 1. The van der Waals surface area contributed by atoms with Crippen molar-refractivity contribution in [2.75, 3.05) is 7.05 Å². The van der Waals surface area contributed by atoms with Crippen molar-refractivity contribution < 1.29 is 23.3 Å². The van der Waals surface area contributed by atoms with Crippen LogP contribution in [0.25, 0.3) is 16.9 Å². The summed E-state index contributed by atoms with van der Waals surface area (Å²) in [6.07, 6.45) is 1.32. The van der Waals surface area contributed by atoms with E-state index in [0.29, 0.717) is 27.7 Å². The number of hydrogen-bond acceptors (Lipinski definition) is 6. The second-order valence-corrected chi connectivity index (χ2v) is 6.01. The van der Waals surface area contributed by atoms with Gasteiger partial charge in [0.2, 0.25) is 0 Å². The van der Waals surface area contributed by atoms with Crippen molar-refractivity contribution in [1.29, 1.82) is 0 Å². The Hall–Kier alpha value is -3.66. The lowest BCUT2D eigenvalue weighted by molar-refractivity contribution is -0.0407. The molecule has 0 bridgehead atoms. The maximum absolute atomic E-state index is 13.8. The number of hydroxylamine groups is 2. The molecule has 28 heavy (non-hydrogen) atoms. The molecular formula is C18H13F2N5O3. The van der Waals surface area contributed by atoms with Gasteiger partial charge in [0.1, 0.15) is 17.3 Å². The van der Waals surface area contributed by atoms with E-state index >= 15 is 0 Å². The summed E-state index contributed by atoms with van der Waals surface area (Å²) in [6.45, 7) is 0. The second-order valence-electron chi connectivity index (χ2n) is 6.01. The molecule has 1 N–H and O–H groups in total. The number of rotatable bonds is 4. The van der Waals surface area contributed by atoms with Crippen molar-refractivity contribution in [2.24, 2.45) is 0 Å². The fourth-order valence-electron chi connectivity index (χ4n) is 2.78. The molecule has 0 aliphatic carbocycles. The smallest absolute Gasteiger partial charge is 0.328 e. The van der Waals surface area contributed by atoms with Gasteiger partial charge < -0.3 is 8.92 Å². The van der Waals surface area contributed by atoms with Gasteiger partial charge in [-0.15, -0.1) is 0 Å². The number of pyridine rings is 1. The Labute approximate surface area is 156 Å². The minimum Gasteiger partial charge on any atom is -0.328 e. The zero-order valence-electron chi connectivity index (χ0n) is 14.5. The summed E-state index contributed by atoms with van der Waals surface area (Å²) in [5.41, 5.74) is 2.11. The van der Waals surface area contributed by atoms with Crippen molar-refractivity contribution in [3.05, 3.63) is 71.6 Å². The fraction of sp³-hybridized carbons (Fsp3) is 0.111. The Morgan fingerprint density at radius 2 is 1.86 bits per heavy atom. The lowest BCUT2D eigenvalue weighted by Crippen LogP contribution is -2.22. The molecule has 1 aromatic carbocycles. The highest BCUT2D eigenvalue weighted by Gasteiger charge is 2.21. The van der Waals surface area contributed by atoms with Crippen molar-refractivity contribution >= 4 is 11.6 Å². The summed E-state index contributed by atoms with van der Waals surface area (Å²) in [4.78, 5) is 20.2. The minimum absolute atomic E-state index is 0.0588. The molecule has 3 heterocycles. The normalized spacial score (nSPS) is 11.1. The number of halogens is 2. The summed E-state index contributed by atoms with van der Waals surface area (Å²) in [7, 11) is 1.13. The average molecular weight is 385 g/mol. The van der Waals surface area contributed by atoms with Gasteiger partial charge in [0.05, 0.1) is 17.8 Å². The van der Waals surface area contributed by atoms with Crippen molar-refractivity contribution in [3.63, 3.8) is 0 Å². The summed E-state index contributed by atoms with van der Waals surface area (Å²) in [5.74, 6) is -1.97. The number of carbonyl (C=O) groups excluding carboxylic acids is 1. The lowest BCUT2D eigenvalue weighted by atomic mass is 10.1. The average Bonchev–Trinajstić information content (AvgIpc) is 3.27. The molecule has 4 aromatic rings. The number of aromatic nitrogens is 4. The van der Waals surface area contributed by atoms with Crippen LogP contribution in [0.2, 0.25) is 0 Å². The number of fused-ring (bicyclic) bond motifs is 1. The van der Waals surface area contributed by atoms with E-state index in [2.05, 4.69) is 15.1 Å². The zero-order chi connectivity index (χ0) is 19.8. The van der Waals surface area contributed by atoms with Gasteiger partial charge in [0.25, 0.3) is 0 Å². The molecule has 10 heteroatoms. The van der Waals surface area contributed by atoms with Gasteiger partial charge in [0, 0.05) is 18.8 Å². The molecule has 8 nitrogen and oxygen atoms in total. The third-order valence-electron chi connectivity index (χ3n) is 4.07. The SMILES string of the molecule is CN(O)C(=O)c1nc(Cc2c(-c3ccc(F)cc3)nc3ccc(F)cn23)no1. The molecule has 0 radical (unpaired) electrons. The van der Waals surface area contributed by atoms with E-state index in [1.165, 1.54) is 34.9 Å². The van der Waals surface area contributed by atoms with Crippen LogP contribution in [0.1, 0.15) is 22.2 Å². The minimum atomic E-state index is -0.860. The van der Waals surface area contributed by atoms with E-state index < -0.39 is 17.5 Å². The van der Waals surface area contributed by atoms with Crippen LogP contribution in [0.5, 0.6) is 0 Å². The Bertz CT molecular complexity index is 1170. The van der Waals surface area contributed by atoms with Gasteiger partial charge in [-0.1, -0.05) is 5.16 Å². The third kappa shape index (κ3) is 3.21. The van der Waals surface area contributed by atoms with Crippen LogP contribution < -0.4 is 0 Å². The van der Waals surface area contributed by atoms with E-state index in [-0.39, 0.29) is 18.1 Å². The molecule has 0 unspecified atom stereocenters. The molecule has 142 valence electrons. The van der Waals surface area contributed by atoms with Crippen LogP contribution in [0.15, 0.2) is 47.1 Å². The van der Waals surface area contributed by atoms with E-state index in [0.717, 1.165) is 7.05 Å². The van der Waals surface area contributed by atoms with Gasteiger partial charge in [-0.2, -0.15) is 4.98 Å². The standard InChI is InChI=1S/C18H13F2N5O3/c1-24(27)18(26)17-21-14(23-28-17)8-13-16(10-2-4-11(19)5-3-10)22-15-7-6-12(20)9-25(13)15/h2-7,9,27H,8H2,1H3. The van der Waals surface area contributed by atoms with Gasteiger partial charge in [-0.25, -0.2) is 18.8 Å². The van der Waals surface area contributed by atoms with Crippen LogP contribution in [0.3, 0.4) is 0 Å². The predicted molar refractivity (Wildman–Crippen MR) is 91.5 cm³/mol. The largest absolute Gasteiger partial charge is 0.335 e. The Balaban J connectivity index is 1.80. The quantitative estimate of drug-likeness (QED) is 0.429. The predicted octanol–water partition coefficient (Wildman–Crippen LogP) is 2.71. The van der Waals surface area contributed by atoms with Crippen molar-refractivity contribution in [1.82, 2.24) is 24.6 Å². The first-order valence-corrected chi connectivity index (χ1v) is 8.14. The molecule has 0 aliphatic rings. The molecule has 0 saturated heterocycles. The van der Waals surface area contributed by atoms with E-state index in [9.17, 15) is 18.8 Å². The van der Waals surface area contributed by atoms with Crippen molar-refractivity contribution in [3.8, 4) is 11.3 Å². The first-order valence-electron chi connectivity index (χ1n) is 8.14. The number of benzene rings is 1. The summed E-state index contributed by atoms with van der Waals surface area (Å²) in [5, 5.41) is 13.3. The Kier molecular flexibility index (Phi) is 4.32. The molecule has 1 amide bonds. The highest BCUT2D eigenvalue weighted by atomic mass is 19.1. The molecule has 0 atom stereocenters. The van der Waals surface area contributed by atoms with E-state index in [4.69, 9.17) is 4.52 Å². The van der Waals surface area contributed by atoms with Gasteiger partial charge in [0.15, 0.2) is 5.82 Å². The monoisotopic (exact) mass is 385 g/mol. The molecule has 3 aromatic heterocycles. The summed E-state index contributed by atoms with van der Waals surface area (Å²) < 4.78 is 33.5. The topological polar surface area (TPSA) is 96.8 Å². The van der Waals surface area contributed by atoms with Crippen LogP contribution in [0.4, 0.5) is 8.78 Å². The lowest BCUT2D eigenvalue weighted by Gasteiger charge is -2.04. The zero-order valence-corrected chi connectivity index (χ0v) is 14.5. The Morgan fingerprint density at radius 1 is 1.14 bits per heavy atom. The molecular weight excluding hydrogens is 372 g/mol. The highest BCUT2D eigenvalue weighted by Crippen LogP contribution is 2.26. The number of nitrogens with zero attached hydrogens (tertiary/aromatic N) is 5. The maximum Gasteiger partial charge on any atom is 0.335 e. The molecule has 0 fully saturated rings. The van der Waals surface area contributed by atoms with E-state index in [1.54, 1.807) is 12.1 Å². The third-order valence-corrected chi connectivity index (χ3v) is 4.07. The molecule has 4 rings (SSSR count). The number of amides is 1. The fourth-order valence-corrected chi connectivity index (χ4v) is 2.78. The van der Waals surface area contributed by atoms with Gasteiger partial charge in [-0.3, -0.25) is 10.0 Å². The summed E-state index contributed by atoms with van der Waals surface area (Å²) >= 11 is 0. The summed E-state index contributed by atoms with van der Waals surface area (Å²) in [6, 6.07) is 8.50. The number of carbonyl (C=O) groups is 1. The maximum atomic E-state index is 13.8. The van der Waals surface area contributed by atoms with Crippen LogP contribution in [-0.4, -0.2) is 42.8 Å². The second kappa shape index (κ2) is 6.82. The molecule has 0 saturated carbocycles. The van der Waals surface area contributed by atoms with Crippen LogP contribution >= 0.6 is 0 Å². The molecule has 0 spiro atoms. The van der Waals surface area contributed by atoms with Crippen LogP contribution in [-0.2, 0) is 6.42 Å².